The van der Waals surface area contributed by atoms with Crippen LogP contribution in [0, 0.1) is 17.6 Å². The molecule has 0 radical (unpaired) electrons. The summed E-state index contributed by atoms with van der Waals surface area (Å²) in [7, 11) is 0. The first-order valence-electron chi connectivity index (χ1n) is 7.17. The van der Waals surface area contributed by atoms with Gasteiger partial charge in [0, 0.05) is 30.8 Å². The number of amides is 1. The van der Waals surface area contributed by atoms with E-state index in [1.165, 1.54) is 23.1 Å². The van der Waals surface area contributed by atoms with Crippen LogP contribution in [0.3, 0.4) is 0 Å². The number of hydrogen-bond acceptors (Lipinski definition) is 3. The lowest BCUT2D eigenvalue weighted by atomic mass is 10.1. The van der Waals surface area contributed by atoms with Gasteiger partial charge in [-0.15, -0.1) is 0 Å². The van der Waals surface area contributed by atoms with Crippen LogP contribution in [0.4, 0.5) is 8.78 Å². The standard InChI is InChI=1S/C16H15F2N3O2/c17-12-2-4-15(14(18)6-12)21-8-11(7-19-21)16(23)20-13-3-1-10(5-13)9-22/h1-4,6-8,10,13,22H,5,9H2,(H,20,23)/t10-,13+/m0/s1. The molecule has 2 atom stereocenters. The first kappa shape index (κ1) is 15.4. The van der Waals surface area contributed by atoms with Crippen LogP contribution in [-0.2, 0) is 0 Å². The van der Waals surface area contributed by atoms with Gasteiger partial charge in [0.15, 0.2) is 5.82 Å². The Kier molecular flexibility index (Phi) is 4.20. The van der Waals surface area contributed by atoms with Crippen LogP contribution in [0.2, 0.25) is 0 Å². The zero-order chi connectivity index (χ0) is 16.4. The number of aliphatic hydroxyl groups excluding tert-OH is 1. The van der Waals surface area contributed by atoms with Gasteiger partial charge >= 0.3 is 0 Å². The highest BCUT2D eigenvalue weighted by Crippen LogP contribution is 2.18. The molecule has 1 amide bonds. The normalized spacial score (nSPS) is 20.0. The van der Waals surface area contributed by atoms with Gasteiger partial charge in [-0.3, -0.25) is 4.79 Å². The SMILES string of the molecule is O=C(N[C@@H]1C=C[C@H](CO)C1)c1cnn(-c2ccc(F)cc2F)c1. The van der Waals surface area contributed by atoms with Gasteiger partial charge in [-0.25, -0.2) is 13.5 Å². The number of nitrogens with zero attached hydrogens (tertiary/aromatic N) is 2. The largest absolute Gasteiger partial charge is 0.396 e. The van der Waals surface area contributed by atoms with Gasteiger partial charge in [0.25, 0.3) is 5.91 Å². The Morgan fingerprint density at radius 2 is 2.22 bits per heavy atom. The number of benzene rings is 1. The summed E-state index contributed by atoms with van der Waals surface area (Å²) in [5.41, 5.74) is 0.334. The minimum atomic E-state index is -0.760. The average molecular weight is 319 g/mol. The van der Waals surface area contributed by atoms with Crippen LogP contribution in [0.5, 0.6) is 0 Å². The maximum absolute atomic E-state index is 13.7. The number of carbonyl (C=O) groups excluding carboxylic acids is 1. The molecule has 5 nitrogen and oxygen atoms in total. The fourth-order valence-electron chi connectivity index (χ4n) is 2.51. The molecule has 0 saturated carbocycles. The molecule has 0 saturated heterocycles. The first-order chi connectivity index (χ1) is 11.1. The minimum absolute atomic E-state index is 0.0463. The summed E-state index contributed by atoms with van der Waals surface area (Å²) in [6.07, 6.45) is 7.04. The number of aliphatic hydroxyl groups is 1. The molecule has 0 spiro atoms. The Morgan fingerprint density at radius 1 is 1.39 bits per heavy atom. The van der Waals surface area contributed by atoms with Crippen molar-refractivity contribution in [2.45, 2.75) is 12.5 Å². The average Bonchev–Trinajstić information content (AvgIpc) is 3.16. The summed E-state index contributed by atoms with van der Waals surface area (Å²) in [5, 5.41) is 15.8. The van der Waals surface area contributed by atoms with Gasteiger partial charge in [-0.05, 0) is 18.6 Å². The predicted octanol–water partition coefficient (Wildman–Crippen LogP) is 1.82. The molecule has 0 fully saturated rings. The molecule has 3 rings (SSSR count). The Labute approximate surface area is 131 Å². The number of hydrogen-bond donors (Lipinski definition) is 2. The fraction of sp³-hybridized carbons (Fsp3) is 0.250. The smallest absolute Gasteiger partial charge is 0.254 e. The highest BCUT2D eigenvalue weighted by molar-refractivity contribution is 5.94. The second-order valence-corrected chi connectivity index (χ2v) is 5.41. The molecule has 1 aliphatic rings. The lowest BCUT2D eigenvalue weighted by molar-refractivity contribution is 0.0941. The summed E-state index contributed by atoms with van der Waals surface area (Å²) < 4.78 is 27.8. The molecule has 0 aliphatic heterocycles. The van der Waals surface area contributed by atoms with Crippen molar-refractivity contribution in [3.8, 4) is 5.69 Å². The van der Waals surface area contributed by atoms with Crippen molar-refractivity contribution in [1.29, 1.82) is 0 Å². The number of aromatic nitrogens is 2. The second kappa shape index (κ2) is 6.29. The Balaban J connectivity index is 1.72. The van der Waals surface area contributed by atoms with Gasteiger partial charge < -0.3 is 10.4 Å². The minimum Gasteiger partial charge on any atom is -0.396 e. The zero-order valence-corrected chi connectivity index (χ0v) is 12.1. The molecule has 1 aromatic carbocycles. The molecular weight excluding hydrogens is 304 g/mol. The van der Waals surface area contributed by atoms with Gasteiger partial charge in [-0.2, -0.15) is 5.10 Å². The maximum Gasteiger partial charge on any atom is 0.254 e. The van der Waals surface area contributed by atoms with Gasteiger partial charge in [0.1, 0.15) is 11.5 Å². The molecule has 1 heterocycles. The van der Waals surface area contributed by atoms with E-state index in [0.717, 1.165) is 12.1 Å². The molecule has 120 valence electrons. The lowest BCUT2D eigenvalue weighted by Crippen LogP contribution is -2.32. The fourth-order valence-corrected chi connectivity index (χ4v) is 2.51. The van der Waals surface area contributed by atoms with Crippen molar-refractivity contribution in [2.24, 2.45) is 5.92 Å². The molecule has 1 aliphatic carbocycles. The quantitative estimate of drug-likeness (QED) is 0.845. The van der Waals surface area contributed by atoms with Crippen molar-refractivity contribution >= 4 is 5.91 Å². The molecule has 0 unspecified atom stereocenters. The van der Waals surface area contributed by atoms with Crippen LogP contribution >= 0.6 is 0 Å². The lowest BCUT2D eigenvalue weighted by Gasteiger charge is -2.11. The number of nitrogens with one attached hydrogen (secondary N) is 1. The summed E-state index contributed by atoms with van der Waals surface area (Å²) in [5.74, 6) is -1.73. The van der Waals surface area contributed by atoms with Crippen molar-refractivity contribution in [3.63, 3.8) is 0 Å². The topological polar surface area (TPSA) is 67.2 Å². The molecule has 7 heteroatoms. The zero-order valence-electron chi connectivity index (χ0n) is 12.1. The molecule has 0 bridgehead atoms. The highest BCUT2D eigenvalue weighted by atomic mass is 19.1. The van der Waals surface area contributed by atoms with Gasteiger partial charge in [0.05, 0.1) is 11.8 Å². The van der Waals surface area contributed by atoms with Crippen molar-refractivity contribution in [1.82, 2.24) is 15.1 Å². The van der Waals surface area contributed by atoms with Crippen LogP contribution in [0.25, 0.3) is 5.69 Å². The molecule has 23 heavy (non-hydrogen) atoms. The Morgan fingerprint density at radius 3 is 2.91 bits per heavy atom. The van der Waals surface area contributed by atoms with E-state index in [1.807, 2.05) is 12.2 Å². The third-order valence-electron chi connectivity index (χ3n) is 3.72. The Hall–Kier alpha value is -2.54. The van der Waals surface area contributed by atoms with E-state index >= 15 is 0 Å². The number of rotatable bonds is 4. The van der Waals surface area contributed by atoms with Crippen molar-refractivity contribution in [3.05, 3.63) is 59.9 Å². The summed E-state index contributed by atoms with van der Waals surface area (Å²) in [6.45, 7) is 0.0463. The van der Waals surface area contributed by atoms with E-state index in [1.54, 1.807) is 0 Å². The van der Waals surface area contributed by atoms with Gasteiger partial charge in [-0.1, -0.05) is 12.2 Å². The van der Waals surface area contributed by atoms with E-state index < -0.39 is 11.6 Å². The van der Waals surface area contributed by atoms with E-state index in [9.17, 15) is 13.6 Å². The van der Waals surface area contributed by atoms with E-state index in [4.69, 9.17) is 5.11 Å². The Bertz CT molecular complexity index is 758. The second-order valence-electron chi connectivity index (χ2n) is 5.41. The summed E-state index contributed by atoms with van der Waals surface area (Å²) in [6, 6.07) is 2.99. The van der Waals surface area contributed by atoms with E-state index in [2.05, 4.69) is 10.4 Å². The maximum atomic E-state index is 13.7. The molecule has 2 aromatic rings. The number of halogens is 2. The molecule has 1 aromatic heterocycles. The van der Waals surface area contributed by atoms with Crippen LogP contribution < -0.4 is 5.32 Å². The van der Waals surface area contributed by atoms with Crippen LogP contribution in [-0.4, -0.2) is 33.4 Å². The van der Waals surface area contributed by atoms with Crippen molar-refractivity contribution < 1.29 is 18.7 Å². The van der Waals surface area contributed by atoms with E-state index in [-0.39, 0.29) is 35.7 Å². The monoisotopic (exact) mass is 319 g/mol. The van der Waals surface area contributed by atoms with E-state index in [0.29, 0.717) is 6.42 Å². The number of carbonyl (C=O) groups is 1. The molecular formula is C16H15F2N3O2. The summed E-state index contributed by atoms with van der Waals surface area (Å²) in [4.78, 5) is 12.2. The van der Waals surface area contributed by atoms with Crippen molar-refractivity contribution in [2.75, 3.05) is 6.61 Å². The summed E-state index contributed by atoms with van der Waals surface area (Å²) >= 11 is 0. The molecule has 2 N–H and O–H groups in total. The van der Waals surface area contributed by atoms with Crippen LogP contribution in [0.1, 0.15) is 16.8 Å². The van der Waals surface area contributed by atoms with Gasteiger partial charge in [0.2, 0.25) is 0 Å². The third-order valence-corrected chi connectivity index (χ3v) is 3.72. The predicted molar refractivity (Wildman–Crippen MR) is 79.1 cm³/mol. The van der Waals surface area contributed by atoms with Crippen LogP contribution in [0.15, 0.2) is 42.7 Å². The first-order valence-corrected chi connectivity index (χ1v) is 7.17. The highest BCUT2D eigenvalue weighted by Gasteiger charge is 2.21. The third kappa shape index (κ3) is 3.29.